The highest BCUT2D eigenvalue weighted by molar-refractivity contribution is 9.11. The summed E-state index contributed by atoms with van der Waals surface area (Å²) >= 11 is 6.68. The Morgan fingerprint density at radius 3 is 2.73 bits per heavy atom. The number of hydrogen-bond acceptors (Lipinski definition) is 2. The van der Waals surface area contributed by atoms with Gasteiger partial charge in [0.15, 0.2) is 0 Å². The van der Waals surface area contributed by atoms with Crippen LogP contribution in [0.25, 0.3) is 0 Å². The summed E-state index contributed by atoms with van der Waals surface area (Å²) in [5.74, 6) is -0.0907. The van der Waals surface area contributed by atoms with Crippen LogP contribution < -0.4 is 5.32 Å². The van der Waals surface area contributed by atoms with Crippen molar-refractivity contribution >= 4 is 43.5 Å². The second kappa shape index (κ2) is 6.25. The molecule has 0 spiro atoms. The third-order valence-corrected chi connectivity index (χ3v) is 2.92. The molecule has 1 amide bonds. The Hall–Kier alpha value is -0.390. The predicted molar refractivity (Wildman–Crippen MR) is 66.8 cm³/mol. The summed E-state index contributed by atoms with van der Waals surface area (Å²) in [7, 11) is 0. The van der Waals surface area contributed by atoms with Gasteiger partial charge in [-0.05, 0) is 40.5 Å². The third-order valence-electron chi connectivity index (χ3n) is 1.77. The minimum atomic E-state index is -0.0907. The molecule has 0 saturated carbocycles. The van der Waals surface area contributed by atoms with Crippen molar-refractivity contribution < 1.29 is 9.90 Å². The summed E-state index contributed by atoms with van der Waals surface area (Å²) in [6.07, 6.45) is 0.818. The number of aliphatic hydroxyl groups is 1. The number of carbonyl (C=O) groups excluding carboxylic acids is 1. The molecule has 82 valence electrons. The normalized spacial score (nSPS) is 10.1. The van der Waals surface area contributed by atoms with Crippen molar-refractivity contribution in [1.82, 2.24) is 0 Å². The van der Waals surface area contributed by atoms with Crippen LogP contribution in [0.1, 0.15) is 12.8 Å². The van der Waals surface area contributed by atoms with Gasteiger partial charge in [0.1, 0.15) is 0 Å². The van der Waals surface area contributed by atoms with Crippen molar-refractivity contribution in [3.8, 4) is 0 Å². The standard InChI is InChI=1S/C10H11Br2NO2/c11-7-3-4-9(8(12)6-7)13-10(15)2-1-5-14/h3-4,6,14H,1-2,5H2,(H,13,15). The van der Waals surface area contributed by atoms with Gasteiger partial charge in [-0.2, -0.15) is 0 Å². The fourth-order valence-corrected chi connectivity index (χ4v) is 2.19. The van der Waals surface area contributed by atoms with E-state index < -0.39 is 0 Å². The Bertz CT molecular complexity index is 355. The first-order valence-electron chi connectivity index (χ1n) is 4.49. The minimum Gasteiger partial charge on any atom is -0.396 e. The quantitative estimate of drug-likeness (QED) is 0.888. The van der Waals surface area contributed by atoms with Crippen LogP contribution in [0, 0.1) is 0 Å². The molecule has 5 heteroatoms. The van der Waals surface area contributed by atoms with E-state index in [0.717, 1.165) is 14.6 Å². The van der Waals surface area contributed by atoms with Crippen molar-refractivity contribution in [2.75, 3.05) is 11.9 Å². The van der Waals surface area contributed by atoms with E-state index in [9.17, 15) is 4.79 Å². The molecule has 0 radical (unpaired) electrons. The number of benzene rings is 1. The molecule has 0 heterocycles. The summed E-state index contributed by atoms with van der Waals surface area (Å²) in [4.78, 5) is 11.4. The SMILES string of the molecule is O=C(CCCO)Nc1ccc(Br)cc1Br. The number of amides is 1. The lowest BCUT2D eigenvalue weighted by atomic mass is 10.3. The molecule has 1 aromatic carbocycles. The highest BCUT2D eigenvalue weighted by Crippen LogP contribution is 2.26. The van der Waals surface area contributed by atoms with Crippen molar-refractivity contribution in [2.45, 2.75) is 12.8 Å². The van der Waals surface area contributed by atoms with Crippen LogP contribution in [0.15, 0.2) is 27.1 Å². The van der Waals surface area contributed by atoms with Crippen LogP contribution in [-0.4, -0.2) is 17.6 Å². The molecule has 3 nitrogen and oxygen atoms in total. The third kappa shape index (κ3) is 4.32. The van der Waals surface area contributed by atoms with Crippen molar-refractivity contribution in [3.05, 3.63) is 27.1 Å². The van der Waals surface area contributed by atoms with Gasteiger partial charge in [-0.25, -0.2) is 0 Å². The van der Waals surface area contributed by atoms with Crippen LogP contribution in [0.3, 0.4) is 0 Å². The Labute approximate surface area is 105 Å². The summed E-state index contributed by atoms with van der Waals surface area (Å²) in [5.41, 5.74) is 0.737. The topological polar surface area (TPSA) is 49.3 Å². The Morgan fingerprint density at radius 1 is 1.40 bits per heavy atom. The lowest BCUT2D eigenvalue weighted by Crippen LogP contribution is -2.12. The fourth-order valence-electron chi connectivity index (χ4n) is 1.04. The van der Waals surface area contributed by atoms with E-state index in [1.54, 1.807) is 0 Å². The van der Waals surface area contributed by atoms with E-state index in [0.29, 0.717) is 12.8 Å². The molecule has 0 fully saturated rings. The number of anilines is 1. The summed E-state index contributed by atoms with van der Waals surface area (Å²) < 4.78 is 1.77. The van der Waals surface area contributed by atoms with Crippen molar-refractivity contribution in [1.29, 1.82) is 0 Å². The zero-order valence-electron chi connectivity index (χ0n) is 7.96. The lowest BCUT2D eigenvalue weighted by molar-refractivity contribution is -0.116. The molecule has 1 aromatic rings. The van der Waals surface area contributed by atoms with Gasteiger partial charge in [-0.3, -0.25) is 4.79 Å². The van der Waals surface area contributed by atoms with Gasteiger partial charge >= 0.3 is 0 Å². The van der Waals surface area contributed by atoms with Crippen LogP contribution in [0.5, 0.6) is 0 Å². The van der Waals surface area contributed by atoms with Gasteiger partial charge in [0, 0.05) is 22.0 Å². The van der Waals surface area contributed by atoms with E-state index in [1.807, 2.05) is 18.2 Å². The van der Waals surface area contributed by atoms with E-state index in [4.69, 9.17) is 5.11 Å². The van der Waals surface area contributed by atoms with E-state index in [1.165, 1.54) is 0 Å². The summed E-state index contributed by atoms with van der Waals surface area (Å²) in [6, 6.07) is 5.53. The lowest BCUT2D eigenvalue weighted by Gasteiger charge is -2.07. The zero-order chi connectivity index (χ0) is 11.3. The minimum absolute atomic E-state index is 0.0366. The molecule has 0 aliphatic carbocycles. The smallest absolute Gasteiger partial charge is 0.224 e. The summed E-state index contributed by atoms with van der Waals surface area (Å²) in [6.45, 7) is 0.0366. The maximum Gasteiger partial charge on any atom is 0.224 e. The van der Waals surface area contributed by atoms with Crippen LogP contribution in [-0.2, 0) is 4.79 Å². The van der Waals surface area contributed by atoms with Gasteiger partial charge in [0.05, 0.1) is 5.69 Å². The first-order valence-corrected chi connectivity index (χ1v) is 6.08. The largest absolute Gasteiger partial charge is 0.396 e. The zero-order valence-corrected chi connectivity index (χ0v) is 11.1. The molecule has 2 N–H and O–H groups in total. The molecule has 1 rings (SSSR count). The maximum absolute atomic E-state index is 11.4. The van der Waals surface area contributed by atoms with E-state index in [-0.39, 0.29) is 12.5 Å². The highest BCUT2D eigenvalue weighted by atomic mass is 79.9. The second-order valence-corrected chi connectivity index (χ2v) is 4.77. The number of halogens is 2. The predicted octanol–water partition coefficient (Wildman–Crippen LogP) is 2.92. The average molecular weight is 337 g/mol. The van der Waals surface area contributed by atoms with Crippen LogP contribution >= 0.6 is 31.9 Å². The average Bonchev–Trinajstić information content (AvgIpc) is 2.19. The Kier molecular flexibility index (Phi) is 5.28. The second-order valence-electron chi connectivity index (χ2n) is 3.00. The summed E-state index contributed by atoms with van der Waals surface area (Å²) in [5, 5.41) is 11.3. The van der Waals surface area contributed by atoms with Gasteiger partial charge in [0.2, 0.25) is 5.91 Å². The Balaban J connectivity index is 2.60. The number of nitrogens with one attached hydrogen (secondary N) is 1. The van der Waals surface area contributed by atoms with Gasteiger partial charge in [0.25, 0.3) is 0 Å². The molecule has 0 atom stereocenters. The van der Waals surface area contributed by atoms with Gasteiger partial charge < -0.3 is 10.4 Å². The highest BCUT2D eigenvalue weighted by Gasteiger charge is 2.05. The van der Waals surface area contributed by atoms with E-state index >= 15 is 0 Å². The molecule has 0 unspecified atom stereocenters. The molecule has 0 aliphatic heterocycles. The van der Waals surface area contributed by atoms with Gasteiger partial charge in [-0.1, -0.05) is 15.9 Å². The first-order chi connectivity index (χ1) is 7.13. The van der Waals surface area contributed by atoms with Crippen LogP contribution in [0.4, 0.5) is 5.69 Å². The molecular formula is C10H11Br2NO2. The van der Waals surface area contributed by atoms with E-state index in [2.05, 4.69) is 37.2 Å². The van der Waals surface area contributed by atoms with Crippen LogP contribution in [0.2, 0.25) is 0 Å². The first kappa shape index (κ1) is 12.7. The van der Waals surface area contributed by atoms with Crippen molar-refractivity contribution in [2.24, 2.45) is 0 Å². The molecule has 0 saturated heterocycles. The molecular weight excluding hydrogens is 326 g/mol. The Morgan fingerprint density at radius 2 is 2.13 bits per heavy atom. The van der Waals surface area contributed by atoms with Gasteiger partial charge in [-0.15, -0.1) is 0 Å². The number of carbonyl (C=O) groups is 1. The molecule has 0 aromatic heterocycles. The monoisotopic (exact) mass is 335 g/mol. The maximum atomic E-state index is 11.4. The van der Waals surface area contributed by atoms with Crippen molar-refractivity contribution in [3.63, 3.8) is 0 Å². The molecule has 0 bridgehead atoms. The number of aliphatic hydroxyl groups excluding tert-OH is 1. The fraction of sp³-hybridized carbons (Fsp3) is 0.300. The molecule has 15 heavy (non-hydrogen) atoms. The molecule has 0 aliphatic rings. The number of rotatable bonds is 4. The number of hydrogen-bond donors (Lipinski definition) is 2.